The van der Waals surface area contributed by atoms with Crippen molar-refractivity contribution in [2.24, 2.45) is 0 Å². The van der Waals surface area contributed by atoms with E-state index >= 15 is 0 Å². The molecule has 0 aliphatic heterocycles. The Hall–Kier alpha value is 0.358. The number of aliphatic hydroxyl groups is 1. The third kappa shape index (κ3) is 13.0. The second kappa shape index (κ2) is 9.45. The van der Waals surface area contributed by atoms with Crippen molar-refractivity contribution in [3.63, 3.8) is 0 Å². The van der Waals surface area contributed by atoms with Crippen LogP contribution in [0.15, 0.2) is 0 Å². The first-order chi connectivity index (χ1) is 5.45. The smallest absolute Gasteiger partial charge is 0.314 e. The van der Waals surface area contributed by atoms with Crippen molar-refractivity contribution < 1.29 is 29.4 Å². The van der Waals surface area contributed by atoms with E-state index in [1.165, 1.54) is 0 Å². The van der Waals surface area contributed by atoms with Crippen LogP contribution in [0.5, 0.6) is 0 Å². The zero-order chi connectivity index (χ0) is 10.1. The maximum Gasteiger partial charge on any atom is 0.314 e. The van der Waals surface area contributed by atoms with Crippen molar-refractivity contribution in [2.75, 3.05) is 6.61 Å². The first-order valence-electron chi connectivity index (χ1n) is 2.63. The molecule has 1 radical (unpaired) electrons. The predicted molar refractivity (Wildman–Crippen MR) is 42.2 cm³/mol. The maximum atomic E-state index is 9.95. The van der Waals surface area contributed by atoms with Gasteiger partial charge in [-0.1, -0.05) is 0 Å². The van der Waals surface area contributed by atoms with Crippen molar-refractivity contribution in [1.29, 1.82) is 0 Å². The van der Waals surface area contributed by atoms with Crippen LogP contribution in [0.1, 0.15) is 0 Å². The van der Waals surface area contributed by atoms with Crippen molar-refractivity contribution in [3.8, 4) is 0 Å². The van der Waals surface area contributed by atoms with Gasteiger partial charge in [0.1, 0.15) is 0 Å². The molecule has 0 heterocycles. The van der Waals surface area contributed by atoms with E-state index in [9.17, 15) is 4.79 Å². The summed E-state index contributed by atoms with van der Waals surface area (Å²) >= 11 is 0.903. The molecule has 73 valence electrons. The number of carboxylic acids is 1. The molecule has 0 aromatic rings. The zero-order valence-corrected chi connectivity index (χ0v) is 9.74. The summed E-state index contributed by atoms with van der Waals surface area (Å²) < 4.78 is 11.2. The third-order valence-electron chi connectivity index (χ3n) is 0.655. The molecular formula is C3H10NO6PSb. The van der Waals surface area contributed by atoms with Gasteiger partial charge in [0.15, 0.2) is 0 Å². The van der Waals surface area contributed by atoms with Crippen LogP contribution in [0.3, 0.4) is 0 Å². The molecule has 0 saturated heterocycles. The summed E-state index contributed by atoms with van der Waals surface area (Å²) in [5, 5.41) is 16.4. The van der Waals surface area contributed by atoms with Gasteiger partial charge in [0.05, 0.1) is 0 Å². The molecule has 0 saturated carbocycles. The molecule has 1 atom stereocenters. The Kier molecular flexibility index (Phi) is 11.7. The van der Waals surface area contributed by atoms with E-state index in [0.29, 0.717) is 0 Å². The predicted octanol–water partition coefficient (Wildman–Crippen LogP) is -2.80. The van der Waals surface area contributed by atoms with Gasteiger partial charge in [0, 0.05) is 0 Å². The Labute approximate surface area is 83.2 Å². The van der Waals surface area contributed by atoms with Crippen LogP contribution in [0, 0.1) is 0 Å². The van der Waals surface area contributed by atoms with Crippen LogP contribution >= 0.6 is 8.25 Å². The van der Waals surface area contributed by atoms with Crippen molar-refractivity contribution in [3.05, 3.63) is 0 Å². The van der Waals surface area contributed by atoms with Gasteiger partial charge >= 0.3 is 68.7 Å². The first kappa shape index (κ1) is 14.9. The minimum Gasteiger partial charge on any atom is -0.326 e. The number of hydrogen-bond acceptors (Lipinski definition) is 4. The number of rotatable bonds is 3. The van der Waals surface area contributed by atoms with Gasteiger partial charge in [-0.3, -0.25) is 4.57 Å². The first-order valence-corrected chi connectivity index (χ1v) is 5.36. The quantitative estimate of drug-likeness (QED) is 0.281. The minimum absolute atomic E-state index is 0.347. The van der Waals surface area contributed by atoms with Crippen LogP contribution in [-0.4, -0.2) is 61.9 Å². The molecule has 0 aliphatic rings. The second-order valence-corrected chi connectivity index (χ2v) is 2.89. The molecule has 0 rings (SSSR count). The molecule has 0 aromatic heterocycles. The van der Waals surface area contributed by atoms with Crippen molar-refractivity contribution in [2.45, 2.75) is 6.04 Å². The van der Waals surface area contributed by atoms with E-state index < -0.39 is 20.3 Å². The molecule has 0 bridgehead atoms. The number of aliphatic carboxylic acids is 1. The Bertz CT molecular complexity index is 146. The summed E-state index contributed by atoms with van der Waals surface area (Å²) in [4.78, 5) is 24.3. The average Bonchev–Trinajstić information content (AvgIpc) is 1.87. The van der Waals surface area contributed by atoms with Gasteiger partial charge in [0.2, 0.25) is 0 Å². The fourth-order valence-corrected chi connectivity index (χ4v) is 0.798. The van der Waals surface area contributed by atoms with Gasteiger partial charge in [-0.2, -0.15) is 0 Å². The van der Waals surface area contributed by atoms with E-state index in [-0.39, 0.29) is 6.61 Å². The molecule has 0 aliphatic carbocycles. The minimum atomic E-state index is -3.13. The molecule has 5 N–H and O–H groups in total. The number of hydrogen-bond donors (Lipinski definition) is 5. The largest absolute Gasteiger partial charge is 0.326 e. The molecule has 0 aromatic carbocycles. The summed E-state index contributed by atoms with van der Waals surface area (Å²) in [6.45, 7) is -0.347. The Morgan fingerprint density at radius 1 is 1.58 bits per heavy atom. The topological polar surface area (TPSA) is 127 Å². The summed E-state index contributed by atoms with van der Waals surface area (Å²) in [6.07, 6.45) is 0. The molecule has 9 heteroatoms. The SMILES string of the molecule is O=C(O)[C@H](CO)[NH][SbH].O=[PH](O)O. The number of carboxylic acid groups (broad SMARTS) is 1. The average molecular weight is 309 g/mol. The fraction of sp³-hybridized carbons (Fsp3) is 0.667. The van der Waals surface area contributed by atoms with Crippen LogP contribution < -0.4 is 3.48 Å². The van der Waals surface area contributed by atoms with Crippen LogP contribution in [0.4, 0.5) is 0 Å². The van der Waals surface area contributed by atoms with Gasteiger partial charge in [0.25, 0.3) is 0 Å². The Balaban J connectivity index is 0. The number of carbonyl (C=O) groups is 1. The summed E-state index contributed by atoms with van der Waals surface area (Å²) in [5.74, 6) is -1.01. The van der Waals surface area contributed by atoms with E-state index in [4.69, 9.17) is 24.6 Å². The van der Waals surface area contributed by atoms with E-state index in [1.807, 2.05) is 0 Å². The monoisotopic (exact) mass is 308 g/mol. The number of aliphatic hydroxyl groups excluding tert-OH is 1. The standard InChI is InChI=1S/C3H6NO3.H3O3P.Sb.H/c4-2(1-5)3(6)7;1-4(2)3;;/h2,4-5H,1H2,(H,6,7);4H,(H2,1,2,3);;/q-1;;+1;/t2-;;;/m0.../s1. The molecular weight excluding hydrogens is 299 g/mol. The summed E-state index contributed by atoms with van der Waals surface area (Å²) in [6, 6.07) is -0.784. The Morgan fingerprint density at radius 2 is 1.92 bits per heavy atom. The number of nitrogens with one attached hydrogen (secondary N) is 1. The van der Waals surface area contributed by atoms with Gasteiger partial charge < -0.3 is 9.79 Å². The van der Waals surface area contributed by atoms with Crippen LogP contribution in [0.25, 0.3) is 0 Å². The summed E-state index contributed by atoms with van der Waals surface area (Å²) in [5.41, 5.74) is 0. The molecule has 12 heavy (non-hydrogen) atoms. The van der Waals surface area contributed by atoms with Crippen molar-refractivity contribution >= 4 is 37.5 Å². The zero-order valence-electron chi connectivity index (χ0n) is 5.89. The van der Waals surface area contributed by atoms with E-state index in [1.54, 1.807) is 0 Å². The molecule has 0 unspecified atom stereocenters. The maximum absolute atomic E-state index is 9.95. The third-order valence-corrected chi connectivity index (χ3v) is 1.65. The normalized spacial score (nSPS) is 11.8. The van der Waals surface area contributed by atoms with Gasteiger partial charge in [-0.05, 0) is 0 Å². The van der Waals surface area contributed by atoms with Crippen LogP contribution in [0.2, 0.25) is 0 Å². The molecule has 7 nitrogen and oxygen atoms in total. The fourth-order valence-electron chi connectivity index (χ4n) is 0.185. The second-order valence-electron chi connectivity index (χ2n) is 1.50. The van der Waals surface area contributed by atoms with Gasteiger partial charge in [-0.15, -0.1) is 0 Å². The van der Waals surface area contributed by atoms with E-state index in [2.05, 4.69) is 3.48 Å². The summed E-state index contributed by atoms with van der Waals surface area (Å²) in [7, 11) is -3.13. The Morgan fingerprint density at radius 3 is 1.92 bits per heavy atom. The molecule has 0 fully saturated rings. The molecule has 0 spiro atoms. The molecule has 0 amide bonds. The van der Waals surface area contributed by atoms with Crippen molar-refractivity contribution in [1.82, 2.24) is 3.48 Å². The van der Waals surface area contributed by atoms with Gasteiger partial charge in [-0.25, -0.2) is 0 Å². The van der Waals surface area contributed by atoms with Crippen LogP contribution in [-0.2, 0) is 9.36 Å². The van der Waals surface area contributed by atoms with E-state index in [0.717, 1.165) is 23.3 Å².